The molecule has 6 heteroatoms. The highest BCUT2D eigenvalue weighted by Crippen LogP contribution is 2.35. The number of nitrogens with one attached hydrogen (secondary N) is 1. The minimum absolute atomic E-state index is 0.255. The molecule has 0 aliphatic carbocycles. The van der Waals surface area contributed by atoms with Gasteiger partial charge in [-0.2, -0.15) is 0 Å². The molecular formula is C15H13ClN2O2S. The summed E-state index contributed by atoms with van der Waals surface area (Å²) in [5.41, 5.74) is -0.126. The molecule has 3 rings (SSSR count). The highest BCUT2D eigenvalue weighted by molar-refractivity contribution is 7.16. The first-order valence-electron chi connectivity index (χ1n) is 6.44. The molecule has 3 amide bonds. The molecule has 1 aliphatic rings. The van der Waals surface area contributed by atoms with E-state index in [-0.39, 0.29) is 18.5 Å². The predicted octanol–water partition coefficient (Wildman–Crippen LogP) is 3.37. The van der Waals surface area contributed by atoms with E-state index in [1.807, 2.05) is 30.3 Å². The average molecular weight is 321 g/mol. The van der Waals surface area contributed by atoms with Gasteiger partial charge in [-0.05, 0) is 24.6 Å². The van der Waals surface area contributed by atoms with E-state index < -0.39 is 5.54 Å². The van der Waals surface area contributed by atoms with Gasteiger partial charge in [-0.3, -0.25) is 9.69 Å². The van der Waals surface area contributed by atoms with Crippen molar-refractivity contribution in [2.75, 3.05) is 0 Å². The number of nitrogens with zero attached hydrogens (tertiary/aromatic N) is 1. The van der Waals surface area contributed by atoms with Gasteiger partial charge in [0.2, 0.25) is 0 Å². The summed E-state index contributed by atoms with van der Waals surface area (Å²) in [5.74, 6) is -0.255. The number of benzene rings is 1. The summed E-state index contributed by atoms with van der Waals surface area (Å²) in [6, 6.07) is 12.6. The third-order valence-corrected chi connectivity index (χ3v) is 4.98. The average Bonchev–Trinajstić information content (AvgIpc) is 2.99. The Morgan fingerprint density at radius 3 is 2.52 bits per heavy atom. The lowest BCUT2D eigenvalue weighted by Crippen LogP contribution is -2.40. The fourth-order valence-corrected chi connectivity index (χ4v) is 3.49. The van der Waals surface area contributed by atoms with Crippen LogP contribution in [0.5, 0.6) is 0 Å². The van der Waals surface area contributed by atoms with Crippen molar-refractivity contribution in [3.63, 3.8) is 0 Å². The molecule has 4 nitrogen and oxygen atoms in total. The van der Waals surface area contributed by atoms with Gasteiger partial charge in [0.15, 0.2) is 5.54 Å². The van der Waals surface area contributed by atoms with Crippen molar-refractivity contribution in [3.8, 4) is 0 Å². The van der Waals surface area contributed by atoms with Gasteiger partial charge in [0.25, 0.3) is 5.91 Å². The fraction of sp³-hybridized carbons (Fsp3) is 0.200. The Labute approximate surface area is 131 Å². The Morgan fingerprint density at radius 2 is 1.90 bits per heavy atom. The van der Waals surface area contributed by atoms with E-state index in [1.54, 1.807) is 19.1 Å². The van der Waals surface area contributed by atoms with Gasteiger partial charge in [0.1, 0.15) is 0 Å². The maximum atomic E-state index is 12.7. The Kier molecular flexibility index (Phi) is 3.47. The smallest absolute Gasteiger partial charge is 0.319 e. The fourth-order valence-electron chi connectivity index (χ4n) is 2.36. The number of hydrogen-bond donors (Lipinski definition) is 1. The van der Waals surface area contributed by atoms with Crippen molar-refractivity contribution in [3.05, 3.63) is 57.2 Å². The Balaban J connectivity index is 1.88. The van der Waals surface area contributed by atoms with E-state index in [0.29, 0.717) is 4.34 Å². The molecule has 2 aromatic rings. The number of urea groups is 1. The Hall–Kier alpha value is -1.85. The molecular weight excluding hydrogens is 308 g/mol. The van der Waals surface area contributed by atoms with Gasteiger partial charge in [-0.1, -0.05) is 41.9 Å². The molecule has 2 heterocycles. The number of carbonyl (C=O) groups excluding carboxylic acids is 2. The number of rotatable bonds is 3. The van der Waals surface area contributed by atoms with Gasteiger partial charge in [-0.15, -0.1) is 11.3 Å². The molecule has 0 radical (unpaired) electrons. The van der Waals surface area contributed by atoms with Crippen molar-refractivity contribution < 1.29 is 9.59 Å². The monoisotopic (exact) mass is 320 g/mol. The highest BCUT2D eigenvalue weighted by Gasteiger charge is 2.49. The van der Waals surface area contributed by atoms with Crippen LogP contribution < -0.4 is 5.32 Å². The van der Waals surface area contributed by atoms with Crippen molar-refractivity contribution in [2.24, 2.45) is 0 Å². The van der Waals surface area contributed by atoms with Crippen LogP contribution in [-0.2, 0) is 16.9 Å². The molecule has 0 unspecified atom stereocenters. The molecule has 1 saturated heterocycles. The normalized spacial score (nSPS) is 21.7. The van der Waals surface area contributed by atoms with Crippen LogP contribution in [0.4, 0.5) is 4.79 Å². The Morgan fingerprint density at radius 1 is 1.19 bits per heavy atom. The lowest BCUT2D eigenvalue weighted by Gasteiger charge is -2.20. The van der Waals surface area contributed by atoms with E-state index in [1.165, 1.54) is 16.2 Å². The molecule has 1 N–H and O–H groups in total. The molecule has 1 fully saturated rings. The lowest BCUT2D eigenvalue weighted by molar-refractivity contribution is -0.131. The minimum atomic E-state index is -1.04. The summed E-state index contributed by atoms with van der Waals surface area (Å²) in [6.07, 6.45) is 0. The standard InChI is InChI=1S/C15H13ClN2O2S/c1-15(11-7-8-12(16)21-11)13(19)18(14(20)17-15)9-10-5-3-2-4-6-10/h2-8H,9H2,1H3,(H,17,20)/t15-/m0/s1. The molecule has 0 spiro atoms. The maximum Gasteiger partial charge on any atom is 0.325 e. The second kappa shape index (κ2) is 5.16. The summed E-state index contributed by atoms with van der Waals surface area (Å²) >= 11 is 7.23. The van der Waals surface area contributed by atoms with Crippen LogP contribution in [0.25, 0.3) is 0 Å². The van der Waals surface area contributed by atoms with E-state index in [9.17, 15) is 9.59 Å². The molecule has 1 atom stereocenters. The maximum absolute atomic E-state index is 12.7. The van der Waals surface area contributed by atoms with E-state index in [2.05, 4.69) is 5.32 Å². The van der Waals surface area contributed by atoms with Crippen LogP contribution in [0.3, 0.4) is 0 Å². The van der Waals surface area contributed by atoms with E-state index in [4.69, 9.17) is 11.6 Å². The molecule has 0 bridgehead atoms. The SMILES string of the molecule is C[C@@]1(c2ccc(Cl)s2)NC(=O)N(Cc2ccccc2)C1=O. The van der Waals surface area contributed by atoms with Crippen LogP contribution in [0.2, 0.25) is 4.34 Å². The molecule has 1 aromatic carbocycles. The number of amides is 3. The first-order chi connectivity index (χ1) is 10.0. The molecule has 1 aromatic heterocycles. The number of thiophene rings is 1. The third kappa shape index (κ3) is 2.43. The second-order valence-corrected chi connectivity index (χ2v) is 6.75. The quantitative estimate of drug-likeness (QED) is 0.881. The summed E-state index contributed by atoms with van der Waals surface area (Å²) in [5, 5.41) is 2.77. The number of imide groups is 1. The topological polar surface area (TPSA) is 49.4 Å². The zero-order chi connectivity index (χ0) is 15.0. The predicted molar refractivity (Wildman–Crippen MR) is 82.2 cm³/mol. The van der Waals surface area contributed by atoms with Crippen LogP contribution >= 0.6 is 22.9 Å². The first kappa shape index (κ1) is 14.1. The van der Waals surface area contributed by atoms with Gasteiger partial charge in [-0.25, -0.2) is 4.79 Å². The van der Waals surface area contributed by atoms with Crippen molar-refractivity contribution in [1.29, 1.82) is 0 Å². The van der Waals surface area contributed by atoms with E-state index >= 15 is 0 Å². The number of hydrogen-bond acceptors (Lipinski definition) is 3. The minimum Gasteiger partial charge on any atom is -0.319 e. The van der Waals surface area contributed by atoms with Gasteiger partial charge < -0.3 is 5.32 Å². The molecule has 21 heavy (non-hydrogen) atoms. The van der Waals surface area contributed by atoms with Crippen molar-refractivity contribution in [1.82, 2.24) is 10.2 Å². The third-order valence-electron chi connectivity index (χ3n) is 3.52. The highest BCUT2D eigenvalue weighted by atomic mass is 35.5. The molecule has 1 aliphatic heterocycles. The zero-order valence-electron chi connectivity index (χ0n) is 11.3. The summed E-state index contributed by atoms with van der Waals surface area (Å²) in [4.78, 5) is 26.8. The molecule has 0 saturated carbocycles. The van der Waals surface area contributed by atoms with Crippen molar-refractivity contribution in [2.45, 2.75) is 19.0 Å². The molecule has 108 valence electrons. The van der Waals surface area contributed by atoms with Crippen LogP contribution in [0.15, 0.2) is 42.5 Å². The summed E-state index contributed by atoms with van der Waals surface area (Å²) in [6.45, 7) is 1.97. The second-order valence-electron chi connectivity index (χ2n) is 5.04. The summed E-state index contributed by atoms with van der Waals surface area (Å²) < 4.78 is 0.592. The van der Waals surface area contributed by atoms with Gasteiger partial charge >= 0.3 is 6.03 Å². The summed E-state index contributed by atoms with van der Waals surface area (Å²) in [7, 11) is 0. The van der Waals surface area contributed by atoms with Crippen LogP contribution in [0.1, 0.15) is 17.4 Å². The van der Waals surface area contributed by atoms with Gasteiger partial charge in [0, 0.05) is 4.88 Å². The van der Waals surface area contributed by atoms with Crippen LogP contribution in [0, 0.1) is 0 Å². The van der Waals surface area contributed by atoms with Crippen molar-refractivity contribution >= 4 is 34.9 Å². The van der Waals surface area contributed by atoms with E-state index in [0.717, 1.165) is 10.4 Å². The van der Waals surface area contributed by atoms with Gasteiger partial charge in [0.05, 0.1) is 10.9 Å². The number of carbonyl (C=O) groups is 2. The zero-order valence-corrected chi connectivity index (χ0v) is 12.9. The Bertz CT molecular complexity index is 701. The number of halogens is 1. The largest absolute Gasteiger partial charge is 0.325 e. The van der Waals surface area contributed by atoms with Crippen LogP contribution in [-0.4, -0.2) is 16.8 Å². The lowest BCUT2D eigenvalue weighted by atomic mass is 10.0. The first-order valence-corrected chi connectivity index (χ1v) is 7.64.